The smallest absolute Gasteiger partial charge is 0.251 e. The molecule has 3 heterocycles. The second-order valence-electron chi connectivity index (χ2n) is 7.81. The van der Waals surface area contributed by atoms with Gasteiger partial charge in [0.1, 0.15) is 12.1 Å². The molecule has 1 aliphatic heterocycles. The highest BCUT2D eigenvalue weighted by Crippen LogP contribution is 2.44. The number of hydrogen-bond donors (Lipinski definition) is 2. The molecule has 1 amide bonds. The maximum atomic E-state index is 12.4. The van der Waals surface area contributed by atoms with E-state index >= 15 is 0 Å². The lowest BCUT2D eigenvalue weighted by Gasteiger charge is -2.11. The van der Waals surface area contributed by atoms with Crippen LogP contribution in [-0.4, -0.2) is 45.0 Å². The van der Waals surface area contributed by atoms with Crippen LogP contribution in [0.1, 0.15) is 22.8 Å². The highest BCUT2D eigenvalue weighted by atomic mass is 35.5. The minimum atomic E-state index is -0.606. The number of halogens is 1. The Morgan fingerprint density at radius 2 is 2.15 bits per heavy atom. The molecule has 33 heavy (non-hydrogen) atoms. The van der Waals surface area contributed by atoms with Gasteiger partial charge < -0.3 is 15.2 Å². The molecular formula is C24H21ClN4O3S. The maximum Gasteiger partial charge on any atom is 0.251 e. The van der Waals surface area contributed by atoms with Crippen molar-refractivity contribution in [2.45, 2.75) is 19.4 Å². The summed E-state index contributed by atoms with van der Waals surface area (Å²) in [5.41, 5.74) is 3.41. The summed E-state index contributed by atoms with van der Waals surface area (Å²) in [6.07, 6.45) is 1.80. The summed E-state index contributed by atoms with van der Waals surface area (Å²) in [7, 11) is 0. The molecule has 0 saturated carbocycles. The largest absolute Gasteiger partial charge is 0.493 e. The van der Waals surface area contributed by atoms with Crippen LogP contribution in [0.2, 0.25) is 5.02 Å². The number of aliphatic hydroxyl groups is 1. The Morgan fingerprint density at radius 3 is 2.97 bits per heavy atom. The molecule has 2 N–H and O–H groups in total. The van der Waals surface area contributed by atoms with Crippen molar-refractivity contribution in [3.8, 4) is 32.6 Å². The molecule has 9 heteroatoms. The zero-order valence-electron chi connectivity index (χ0n) is 17.8. The second-order valence-corrected chi connectivity index (χ2v) is 9.27. The Bertz CT molecular complexity index is 1330. The summed E-state index contributed by atoms with van der Waals surface area (Å²) in [6.45, 7) is 2.33. The number of para-hydroxylation sites is 1. The number of benzene rings is 2. The van der Waals surface area contributed by atoms with Crippen LogP contribution >= 0.6 is 22.9 Å². The van der Waals surface area contributed by atoms with Crippen molar-refractivity contribution in [2.75, 3.05) is 13.2 Å². The molecule has 2 aromatic carbocycles. The summed E-state index contributed by atoms with van der Waals surface area (Å²) in [4.78, 5) is 14.5. The third-order valence-corrected chi connectivity index (χ3v) is 6.89. The van der Waals surface area contributed by atoms with Crippen molar-refractivity contribution >= 4 is 28.8 Å². The van der Waals surface area contributed by atoms with Crippen LogP contribution in [0.5, 0.6) is 5.75 Å². The number of hydrogen-bond acceptors (Lipinski definition) is 6. The molecule has 0 spiro atoms. The van der Waals surface area contributed by atoms with Gasteiger partial charge in [-0.2, -0.15) is 0 Å². The Kier molecular flexibility index (Phi) is 5.88. The van der Waals surface area contributed by atoms with Crippen molar-refractivity contribution in [1.82, 2.24) is 20.1 Å². The normalized spacial score (nSPS) is 13.4. The summed E-state index contributed by atoms with van der Waals surface area (Å²) in [5.74, 6) is 1.14. The molecule has 7 nitrogen and oxygen atoms in total. The Balaban J connectivity index is 1.51. The predicted octanol–water partition coefficient (Wildman–Crippen LogP) is 4.36. The van der Waals surface area contributed by atoms with E-state index in [1.54, 1.807) is 36.7 Å². The first-order valence-electron chi connectivity index (χ1n) is 10.5. The van der Waals surface area contributed by atoms with Gasteiger partial charge in [-0.1, -0.05) is 23.7 Å². The van der Waals surface area contributed by atoms with Gasteiger partial charge in [-0.25, -0.2) is 0 Å². The van der Waals surface area contributed by atoms with E-state index in [4.69, 9.17) is 16.3 Å². The number of amides is 1. The first-order valence-corrected chi connectivity index (χ1v) is 11.7. The molecule has 5 rings (SSSR count). The standard InChI is InChI=1S/C24H21ClN4O3S/c1-14(30)12-26-24(31)16-6-7-17-20(10-16)32-9-8-15-11-21(33-22(15)17)23-28-27-13-29(23)19-5-3-2-4-18(19)25/h2-7,10-11,13-14,30H,8-9,12H2,1H3,(H,26,31)/t14-/m1/s1. The van der Waals surface area contributed by atoms with E-state index in [0.29, 0.717) is 22.9 Å². The molecule has 0 bridgehead atoms. The van der Waals surface area contributed by atoms with Gasteiger partial charge in [0.25, 0.3) is 5.91 Å². The Labute approximate surface area is 199 Å². The molecular weight excluding hydrogens is 460 g/mol. The summed E-state index contributed by atoms with van der Waals surface area (Å²) in [6, 6.07) is 15.2. The number of aromatic nitrogens is 3. The van der Waals surface area contributed by atoms with E-state index in [9.17, 15) is 9.90 Å². The van der Waals surface area contributed by atoms with Crippen LogP contribution in [0.4, 0.5) is 0 Å². The quantitative estimate of drug-likeness (QED) is 0.443. The minimum Gasteiger partial charge on any atom is -0.493 e. The summed E-state index contributed by atoms with van der Waals surface area (Å²) >= 11 is 8.02. The monoisotopic (exact) mass is 480 g/mol. The van der Waals surface area contributed by atoms with E-state index < -0.39 is 6.10 Å². The van der Waals surface area contributed by atoms with Gasteiger partial charge in [0, 0.05) is 29.0 Å². The molecule has 0 aliphatic carbocycles. The third kappa shape index (κ3) is 4.25. The Hall–Kier alpha value is -3.20. The van der Waals surface area contributed by atoms with Crippen LogP contribution in [-0.2, 0) is 6.42 Å². The summed E-state index contributed by atoms with van der Waals surface area (Å²) in [5, 5.41) is 21.2. The number of thiophene rings is 1. The average Bonchev–Trinajstić information content (AvgIpc) is 3.41. The molecule has 0 radical (unpaired) electrons. The number of carbonyl (C=O) groups is 1. The number of nitrogens with one attached hydrogen (secondary N) is 1. The second kappa shape index (κ2) is 8.97. The highest BCUT2D eigenvalue weighted by molar-refractivity contribution is 7.19. The molecule has 1 aliphatic rings. The van der Waals surface area contributed by atoms with Crippen molar-refractivity contribution in [1.29, 1.82) is 0 Å². The molecule has 0 unspecified atom stereocenters. The van der Waals surface area contributed by atoms with Gasteiger partial charge in [-0.3, -0.25) is 9.36 Å². The molecule has 4 aromatic rings. The third-order valence-electron chi connectivity index (χ3n) is 5.36. The SMILES string of the molecule is C[C@@H](O)CNC(=O)c1ccc2c(c1)OCCc1cc(-c3nncn3-c3ccccc3Cl)sc1-2. The molecule has 1 atom stereocenters. The maximum absolute atomic E-state index is 12.4. The van der Waals surface area contributed by atoms with Crippen molar-refractivity contribution in [2.24, 2.45) is 0 Å². The van der Waals surface area contributed by atoms with Crippen LogP contribution in [0.15, 0.2) is 54.9 Å². The number of ether oxygens (including phenoxy) is 1. The van der Waals surface area contributed by atoms with Crippen molar-refractivity contribution in [3.05, 3.63) is 71.0 Å². The number of nitrogens with zero attached hydrogens (tertiary/aromatic N) is 3. The van der Waals surface area contributed by atoms with E-state index in [2.05, 4.69) is 21.6 Å². The van der Waals surface area contributed by atoms with E-state index in [1.807, 2.05) is 34.9 Å². The van der Waals surface area contributed by atoms with Crippen molar-refractivity contribution in [3.63, 3.8) is 0 Å². The van der Waals surface area contributed by atoms with Gasteiger partial charge >= 0.3 is 0 Å². The molecule has 2 aromatic heterocycles. The summed E-state index contributed by atoms with van der Waals surface area (Å²) < 4.78 is 7.86. The van der Waals surface area contributed by atoms with E-state index in [1.165, 1.54) is 0 Å². The van der Waals surface area contributed by atoms with Gasteiger partial charge in [-0.15, -0.1) is 21.5 Å². The van der Waals surface area contributed by atoms with Gasteiger partial charge in [0.15, 0.2) is 5.82 Å². The average molecular weight is 481 g/mol. The number of rotatable bonds is 5. The van der Waals surface area contributed by atoms with Gasteiger partial charge in [0.05, 0.1) is 28.3 Å². The van der Waals surface area contributed by atoms with E-state index in [0.717, 1.165) is 38.8 Å². The van der Waals surface area contributed by atoms with Crippen LogP contribution in [0, 0.1) is 0 Å². The number of fused-ring (bicyclic) bond motifs is 3. The van der Waals surface area contributed by atoms with E-state index in [-0.39, 0.29) is 12.5 Å². The lowest BCUT2D eigenvalue weighted by atomic mass is 10.0. The number of carbonyl (C=O) groups excluding carboxylic acids is 1. The fraction of sp³-hybridized carbons (Fsp3) is 0.208. The fourth-order valence-electron chi connectivity index (χ4n) is 3.76. The van der Waals surface area contributed by atoms with Crippen molar-refractivity contribution < 1.29 is 14.6 Å². The lowest BCUT2D eigenvalue weighted by molar-refractivity contribution is 0.0923. The highest BCUT2D eigenvalue weighted by Gasteiger charge is 2.23. The zero-order chi connectivity index (χ0) is 22.9. The van der Waals surface area contributed by atoms with Crippen LogP contribution in [0.3, 0.4) is 0 Å². The first kappa shape index (κ1) is 21.6. The zero-order valence-corrected chi connectivity index (χ0v) is 19.4. The predicted molar refractivity (Wildman–Crippen MR) is 128 cm³/mol. The van der Waals surface area contributed by atoms with Crippen LogP contribution in [0.25, 0.3) is 26.8 Å². The van der Waals surface area contributed by atoms with Gasteiger partial charge in [0.2, 0.25) is 0 Å². The first-order chi connectivity index (χ1) is 16.0. The molecule has 0 saturated heterocycles. The topological polar surface area (TPSA) is 89.3 Å². The Morgan fingerprint density at radius 1 is 1.30 bits per heavy atom. The lowest BCUT2D eigenvalue weighted by Crippen LogP contribution is -2.30. The van der Waals surface area contributed by atoms with Gasteiger partial charge in [-0.05, 0) is 48.9 Å². The molecule has 168 valence electrons. The van der Waals surface area contributed by atoms with Crippen LogP contribution < -0.4 is 10.1 Å². The molecule has 0 fully saturated rings. The minimum absolute atomic E-state index is 0.196. The number of aliphatic hydroxyl groups excluding tert-OH is 1. The fourth-order valence-corrected chi connectivity index (χ4v) is 5.21.